The van der Waals surface area contributed by atoms with Crippen LogP contribution in [0, 0.1) is 0 Å². The molecule has 0 N–H and O–H groups in total. The standard InChI is InChI=1S/C10H20N2OS/c1-3-9-7-11(2)5-4-6-12(9)10(13)8-14/h9,14H,3-8H2,1-2H3. The van der Waals surface area contributed by atoms with Crippen LogP contribution in [0.5, 0.6) is 0 Å². The number of carbonyl (C=O) groups excluding carboxylic acids is 1. The quantitative estimate of drug-likeness (QED) is 0.692. The Morgan fingerprint density at radius 1 is 1.50 bits per heavy atom. The second-order valence-corrected chi connectivity index (χ2v) is 4.24. The number of carbonyl (C=O) groups is 1. The van der Waals surface area contributed by atoms with Gasteiger partial charge in [0.25, 0.3) is 0 Å². The third-order valence-corrected chi connectivity index (χ3v) is 3.10. The van der Waals surface area contributed by atoms with Crippen molar-refractivity contribution in [1.29, 1.82) is 0 Å². The van der Waals surface area contributed by atoms with E-state index >= 15 is 0 Å². The Bertz CT molecular complexity index is 199. The molecule has 1 unspecified atom stereocenters. The van der Waals surface area contributed by atoms with Crippen LogP contribution in [-0.4, -0.2) is 54.2 Å². The zero-order chi connectivity index (χ0) is 10.6. The van der Waals surface area contributed by atoms with Crippen LogP contribution in [0.25, 0.3) is 0 Å². The van der Waals surface area contributed by atoms with Gasteiger partial charge in [0, 0.05) is 19.1 Å². The van der Waals surface area contributed by atoms with E-state index in [1.165, 1.54) is 0 Å². The summed E-state index contributed by atoms with van der Waals surface area (Å²) in [5.74, 6) is 0.510. The summed E-state index contributed by atoms with van der Waals surface area (Å²) in [6.45, 7) is 5.12. The van der Waals surface area contributed by atoms with E-state index in [1.807, 2.05) is 4.90 Å². The molecule has 1 amide bonds. The molecule has 0 radical (unpaired) electrons. The Hall–Kier alpha value is -0.220. The fourth-order valence-corrected chi connectivity index (χ4v) is 2.19. The molecule has 1 aliphatic rings. The molecule has 0 bridgehead atoms. The van der Waals surface area contributed by atoms with Gasteiger partial charge in [-0.25, -0.2) is 0 Å². The van der Waals surface area contributed by atoms with Gasteiger partial charge in [0.05, 0.1) is 5.75 Å². The van der Waals surface area contributed by atoms with Crippen molar-refractivity contribution in [1.82, 2.24) is 9.80 Å². The molecule has 4 heteroatoms. The topological polar surface area (TPSA) is 23.6 Å². The first-order valence-corrected chi connectivity index (χ1v) is 5.91. The molecule has 0 spiro atoms. The van der Waals surface area contributed by atoms with E-state index in [0.717, 1.165) is 32.5 Å². The van der Waals surface area contributed by atoms with E-state index in [-0.39, 0.29) is 5.91 Å². The van der Waals surface area contributed by atoms with Crippen LogP contribution in [0.1, 0.15) is 19.8 Å². The molecule has 82 valence electrons. The van der Waals surface area contributed by atoms with Gasteiger partial charge in [0.15, 0.2) is 0 Å². The van der Waals surface area contributed by atoms with Crippen molar-refractivity contribution in [3.8, 4) is 0 Å². The Morgan fingerprint density at radius 2 is 2.21 bits per heavy atom. The maximum atomic E-state index is 11.6. The summed E-state index contributed by atoms with van der Waals surface area (Å²) in [5.41, 5.74) is 0. The van der Waals surface area contributed by atoms with E-state index in [9.17, 15) is 4.79 Å². The second-order valence-electron chi connectivity index (χ2n) is 3.92. The van der Waals surface area contributed by atoms with E-state index < -0.39 is 0 Å². The normalized spacial score (nSPS) is 24.8. The molecule has 1 saturated heterocycles. The van der Waals surface area contributed by atoms with Crippen molar-refractivity contribution in [3.05, 3.63) is 0 Å². The molecule has 0 saturated carbocycles. The molecular weight excluding hydrogens is 196 g/mol. The Morgan fingerprint density at radius 3 is 2.79 bits per heavy atom. The molecule has 0 aromatic carbocycles. The number of likely N-dealkylation sites (N-methyl/N-ethyl adjacent to an activating group) is 1. The molecule has 3 nitrogen and oxygen atoms in total. The van der Waals surface area contributed by atoms with Crippen LogP contribution in [0.3, 0.4) is 0 Å². The van der Waals surface area contributed by atoms with E-state index in [0.29, 0.717) is 11.8 Å². The lowest BCUT2D eigenvalue weighted by atomic mass is 10.2. The maximum absolute atomic E-state index is 11.6. The van der Waals surface area contributed by atoms with Crippen LogP contribution in [0.2, 0.25) is 0 Å². The third-order valence-electron chi connectivity index (χ3n) is 2.83. The minimum atomic E-state index is 0.176. The highest BCUT2D eigenvalue weighted by Crippen LogP contribution is 2.12. The average molecular weight is 216 g/mol. The van der Waals surface area contributed by atoms with Crippen molar-refractivity contribution < 1.29 is 4.79 Å². The fourth-order valence-electron chi connectivity index (χ4n) is 2.01. The minimum absolute atomic E-state index is 0.176. The highest BCUT2D eigenvalue weighted by Gasteiger charge is 2.24. The lowest BCUT2D eigenvalue weighted by Gasteiger charge is -2.29. The Labute approximate surface area is 91.9 Å². The monoisotopic (exact) mass is 216 g/mol. The van der Waals surface area contributed by atoms with Gasteiger partial charge in [0.1, 0.15) is 0 Å². The third kappa shape index (κ3) is 2.89. The van der Waals surface area contributed by atoms with Gasteiger partial charge in [-0.3, -0.25) is 4.79 Å². The van der Waals surface area contributed by atoms with Crippen LogP contribution in [0.4, 0.5) is 0 Å². The zero-order valence-corrected chi connectivity index (χ0v) is 9.96. The molecule has 14 heavy (non-hydrogen) atoms. The zero-order valence-electron chi connectivity index (χ0n) is 9.07. The highest BCUT2D eigenvalue weighted by atomic mass is 32.1. The molecule has 1 heterocycles. The largest absolute Gasteiger partial charge is 0.338 e. The lowest BCUT2D eigenvalue weighted by molar-refractivity contribution is -0.130. The molecule has 1 aliphatic heterocycles. The summed E-state index contributed by atoms with van der Waals surface area (Å²) < 4.78 is 0. The molecule has 0 aromatic rings. The first kappa shape index (κ1) is 11.9. The van der Waals surface area contributed by atoms with Crippen molar-refractivity contribution in [2.24, 2.45) is 0 Å². The number of nitrogens with zero attached hydrogens (tertiary/aromatic N) is 2. The van der Waals surface area contributed by atoms with E-state index in [1.54, 1.807) is 0 Å². The number of thiol groups is 1. The van der Waals surface area contributed by atoms with Crippen molar-refractivity contribution in [3.63, 3.8) is 0 Å². The lowest BCUT2D eigenvalue weighted by Crippen LogP contribution is -2.44. The van der Waals surface area contributed by atoms with Gasteiger partial charge >= 0.3 is 0 Å². The van der Waals surface area contributed by atoms with E-state index in [2.05, 4.69) is 31.5 Å². The summed E-state index contributed by atoms with van der Waals surface area (Å²) in [6.07, 6.45) is 2.11. The molecule has 0 aliphatic carbocycles. The van der Waals surface area contributed by atoms with Gasteiger partial charge in [-0.05, 0) is 26.4 Å². The molecule has 0 aromatic heterocycles. The number of rotatable bonds is 2. The van der Waals surface area contributed by atoms with Crippen molar-refractivity contribution >= 4 is 18.5 Å². The average Bonchev–Trinajstić information content (AvgIpc) is 2.38. The number of amides is 1. The predicted octanol–water partition coefficient (Wildman–Crippen LogP) is 0.859. The van der Waals surface area contributed by atoms with Gasteiger partial charge in [0.2, 0.25) is 5.91 Å². The van der Waals surface area contributed by atoms with Crippen molar-refractivity contribution in [2.75, 3.05) is 32.4 Å². The summed E-state index contributed by atoms with van der Waals surface area (Å²) in [6, 6.07) is 0.377. The SMILES string of the molecule is CCC1CN(C)CCCN1C(=O)CS. The van der Waals surface area contributed by atoms with Crippen LogP contribution in [0.15, 0.2) is 0 Å². The Kier molecular flexibility index (Phi) is 4.75. The summed E-state index contributed by atoms with van der Waals surface area (Å²) in [4.78, 5) is 15.9. The summed E-state index contributed by atoms with van der Waals surface area (Å²) >= 11 is 4.06. The fraction of sp³-hybridized carbons (Fsp3) is 0.900. The number of hydrogen-bond donors (Lipinski definition) is 1. The summed E-state index contributed by atoms with van der Waals surface area (Å²) in [5, 5.41) is 0. The first-order valence-electron chi connectivity index (χ1n) is 5.28. The first-order chi connectivity index (χ1) is 6.69. The van der Waals surface area contributed by atoms with Gasteiger partial charge < -0.3 is 9.80 Å². The van der Waals surface area contributed by atoms with Gasteiger partial charge in [-0.1, -0.05) is 6.92 Å². The smallest absolute Gasteiger partial charge is 0.232 e. The Balaban J connectivity index is 2.65. The second kappa shape index (κ2) is 5.61. The number of hydrogen-bond acceptors (Lipinski definition) is 3. The van der Waals surface area contributed by atoms with Crippen LogP contribution >= 0.6 is 12.6 Å². The molecule has 1 atom stereocenters. The summed E-state index contributed by atoms with van der Waals surface area (Å²) in [7, 11) is 2.12. The van der Waals surface area contributed by atoms with Crippen LogP contribution < -0.4 is 0 Å². The van der Waals surface area contributed by atoms with E-state index in [4.69, 9.17) is 0 Å². The molecular formula is C10H20N2OS. The maximum Gasteiger partial charge on any atom is 0.232 e. The molecule has 1 rings (SSSR count). The van der Waals surface area contributed by atoms with Gasteiger partial charge in [-0.15, -0.1) is 0 Å². The van der Waals surface area contributed by atoms with Crippen molar-refractivity contribution in [2.45, 2.75) is 25.8 Å². The molecule has 1 fully saturated rings. The van der Waals surface area contributed by atoms with Gasteiger partial charge in [-0.2, -0.15) is 12.6 Å². The minimum Gasteiger partial charge on any atom is -0.338 e. The highest BCUT2D eigenvalue weighted by molar-refractivity contribution is 7.81. The predicted molar refractivity (Wildman–Crippen MR) is 61.8 cm³/mol. The van der Waals surface area contributed by atoms with Crippen LogP contribution in [-0.2, 0) is 4.79 Å².